The molecule has 0 aromatic heterocycles. The number of aliphatic carboxylic acids is 1. The molecule has 0 aliphatic heterocycles. The highest BCUT2D eigenvalue weighted by Crippen LogP contribution is 2.49. The quantitative estimate of drug-likeness (QED) is 0.765. The first-order chi connectivity index (χ1) is 4.57. The Kier molecular flexibility index (Phi) is 2.59. The molecule has 1 rings (SSSR count). The van der Waals surface area contributed by atoms with Crippen LogP contribution in [0.15, 0.2) is 7.66 Å². The fraction of sp³-hybridized carbons (Fsp3) is 0.500. The third kappa shape index (κ3) is 1.84. The van der Waals surface area contributed by atoms with E-state index in [0.29, 0.717) is 0 Å². The Balaban J connectivity index is 2.71. The van der Waals surface area contributed by atoms with Crippen molar-refractivity contribution in [2.24, 2.45) is 5.41 Å². The Bertz CT molecular complexity index is 190. The molecular formula is C6H6I2O2. The largest absolute Gasteiger partial charge is 0.481 e. The fourth-order valence-electron chi connectivity index (χ4n) is 0.763. The summed E-state index contributed by atoms with van der Waals surface area (Å²) in [6, 6.07) is 0. The minimum atomic E-state index is -0.682. The van der Waals surface area contributed by atoms with Crippen LogP contribution >= 0.6 is 45.2 Å². The molecule has 1 saturated carbocycles. The molecule has 0 bridgehead atoms. The number of carboxylic acids is 1. The molecule has 1 aliphatic rings. The van der Waals surface area contributed by atoms with Gasteiger partial charge in [0.2, 0.25) is 0 Å². The van der Waals surface area contributed by atoms with E-state index in [1.54, 1.807) is 0 Å². The molecular weight excluding hydrogens is 358 g/mol. The highest BCUT2D eigenvalue weighted by atomic mass is 127. The minimum absolute atomic E-state index is 0.488. The summed E-state index contributed by atoms with van der Waals surface area (Å²) < 4.78 is 1.04. The number of rotatable bonds is 2. The van der Waals surface area contributed by atoms with Crippen LogP contribution in [0.3, 0.4) is 0 Å². The van der Waals surface area contributed by atoms with Crippen LogP contribution < -0.4 is 0 Å². The summed E-state index contributed by atoms with van der Waals surface area (Å²) >= 11 is 4.25. The van der Waals surface area contributed by atoms with Crippen LogP contribution in [0.4, 0.5) is 0 Å². The van der Waals surface area contributed by atoms with Gasteiger partial charge >= 0.3 is 5.97 Å². The molecule has 0 amide bonds. The number of carbonyl (C=O) groups is 1. The monoisotopic (exact) mass is 364 g/mol. The van der Waals surface area contributed by atoms with Crippen LogP contribution in [0, 0.1) is 5.41 Å². The minimum Gasteiger partial charge on any atom is -0.481 e. The van der Waals surface area contributed by atoms with Gasteiger partial charge in [0, 0.05) is 1.59 Å². The van der Waals surface area contributed by atoms with Gasteiger partial charge in [-0.2, -0.15) is 0 Å². The van der Waals surface area contributed by atoms with Crippen molar-refractivity contribution in [3.05, 3.63) is 7.66 Å². The average Bonchev–Trinajstić information content (AvgIpc) is 2.46. The van der Waals surface area contributed by atoms with Gasteiger partial charge in [-0.25, -0.2) is 0 Å². The second-order valence-electron chi connectivity index (χ2n) is 2.40. The number of hydrogen-bond acceptors (Lipinski definition) is 1. The maximum Gasteiger partial charge on any atom is 0.313 e. The maximum atomic E-state index is 10.6. The molecule has 0 unspecified atom stereocenters. The summed E-state index contributed by atoms with van der Waals surface area (Å²) in [6.07, 6.45) is 3.44. The molecule has 0 radical (unpaired) electrons. The van der Waals surface area contributed by atoms with E-state index >= 15 is 0 Å². The third-order valence-electron chi connectivity index (χ3n) is 1.60. The zero-order valence-corrected chi connectivity index (χ0v) is 9.42. The molecule has 4 heteroatoms. The predicted molar refractivity (Wildman–Crippen MR) is 55.4 cm³/mol. The molecule has 2 nitrogen and oxygen atoms in total. The van der Waals surface area contributed by atoms with Crippen molar-refractivity contribution in [3.8, 4) is 0 Å². The van der Waals surface area contributed by atoms with Crippen LogP contribution in [0.25, 0.3) is 0 Å². The summed E-state index contributed by atoms with van der Waals surface area (Å²) in [4.78, 5) is 10.6. The van der Waals surface area contributed by atoms with Crippen LogP contribution in [0.2, 0.25) is 0 Å². The van der Waals surface area contributed by atoms with Gasteiger partial charge in [0.05, 0.1) is 5.41 Å². The molecule has 10 heavy (non-hydrogen) atoms. The highest BCUT2D eigenvalue weighted by molar-refractivity contribution is 14.2. The molecule has 0 atom stereocenters. The normalized spacial score (nSPS) is 19.8. The van der Waals surface area contributed by atoms with Crippen molar-refractivity contribution in [2.45, 2.75) is 12.8 Å². The van der Waals surface area contributed by atoms with E-state index in [4.69, 9.17) is 5.11 Å². The van der Waals surface area contributed by atoms with Crippen LogP contribution in [-0.4, -0.2) is 11.1 Å². The van der Waals surface area contributed by atoms with E-state index in [9.17, 15) is 4.79 Å². The van der Waals surface area contributed by atoms with E-state index in [1.807, 2.05) is 6.08 Å². The third-order valence-corrected chi connectivity index (χ3v) is 2.22. The Morgan fingerprint density at radius 2 is 2.00 bits per heavy atom. The van der Waals surface area contributed by atoms with Crippen molar-refractivity contribution in [1.82, 2.24) is 0 Å². The lowest BCUT2D eigenvalue weighted by molar-refractivity contribution is -0.141. The molecule has 1 fully saturated rings. The summed E-state index contributed by atoms with van der Waals surface area (Å²) in [5.41, 5.74) is -0.488. The van der Waals surface area contributed by atoms with E-state index in [2.05, 4.69) is 45.2 Å². The zero-order valence-electron chi connectivity index (χ0n) is 5.10. The first kappa shape index (κ1) is 8.76. The summed E-state index contributed by atoms with van der Waals surface area (Å²) in [5, 5.41) is 8.70. The molecule has 0 heterocycles. The Morgan fingerprint density at radius 1 is 1.50 bits per heavy atom. The first-order valence-electron chi connectivity index (χ1n) is 2.84. The topological polar surface area (TPSA) is 37.3 Å². The van der Waals surface area contributed by atoms with Crippen molar-refractivity contribution in [1.29, 1.82) is 0 Å². The maximum absolute atomic E-state index is 10.6. The number of carboxylic acid groups (broad SMARTS) is 1. The molecule has 0 spiro atoms. The zero-order chi connectivity index (χ0) is 7.78. The lowest BCUT2D eigenvalue weighted by Gasteiger charge is -2.00. The Hall–Kier alpha value is 0.670. The molecule has 0 aromatic carbocycles. The van der Waals surface area contributed by atoms with Crippen LogP contribution in [0.1, 0.15) is 12.8 Å². The van der Waals surface area contributed by atoms with E-state index in [0.717, 1.165) is 14.4 Å². The second kappa shape index (κ2) is 2.96. The second-order valence-corrected chi connectivity index (χ2v) is 6.78. The highest BCUT2D eigenvalue weighted by Gasteiger charge is 2.48. The van der Waals surface area contributed by atoms with Gasteiger partial charge < -0.3 is 5.11 Å². The number of hydrogen-bond donors (Lipinski definition) is 1. The average molecular weight is 364 g/mol. The first-order valence-corrected chi connectivity index (χ1v) is 5.00. The molecule has 0 saturated heterocycles. The van der Waals surface area contributed by atoms with Gasteiger partial charge in [-0.3, -0.25) is 4.79 Å². The van der Waals surface area contributed by atoms with Gasteiger partial charge in [-0.15, -0.1) is 0 Å². The molecule has 1 aliphatic carbocycles. The standard InChI is InChI=1S/C6H6I2O2/c7-4(8)3-6(1-2-6)5(9)10/h3H,1-2H2,(H,9,10). The van der Waals surface area contributed by atoms with Gasteiger partial charge in [0.1, 0.15) is 0 Å². The van der Waals surface area contributed by atoms with Crippen molar-refractivity contribution >= 4 is 51.2 Å². The molecule has 1 N–H and O–H groups in total. The molecule has 56 valence electrons. The summed E-state index contributed by atoms with van der Waals surface area (Å²) in [5.74, 6) is -0.682. The van der Waals surface area contributed by atoms with Gasteiger partial charge in [0.15, 0.2) is 0 Å². The summed E-state index contributed by atoms with van der Waals surface area (Å²) in [7, 11) is 0. The predicted octanol–water partition coefficient (Wildman–Crippen LogP) is 2.56. The molecule has 0 aromatic rings. The van der Waals surface area contributed by atoms with Gasteiger partial charge in [-0.1, -0.05) is 0 Å². The smallest absolute Gasteiger partial charge is 0.313 e. The lowest BCUT2D eigenvalue weighted by atomic mass is 10.1. The number of halogens is 2. The van der Waals surface area contributed by atoms with E-state index in [-0.39, 0.29) is 0 Å². The Morgan fingerprint density at radius 3 is 2.10 bits per heavy atom. The lowest BCUT2D eigenvalue weighted by Crippen LogP contribution is -2.11. The SMILES string of the molecule is O=C(O)C1(C=C(I)I)CC1. The van der Waals surface area contributed by atoms with Crippen molar-refractivity contribution in [3.63, 3.8) is 0 Å². The van der Waals surface area contributed by atoms with Gasteiger partial charge in [0.25, 0.3) is 0 Å². The van der Waals surface area contributed by atoms with E-state index in [1.165, 1.54) is 0 Å². The Labute approximate surface area is 86.3 Å². The van der Waals surface area contributed by atoms with Gasteiger partial charge in [-0.05, 0) is 64.1 Å². The van der Waals surface area contributed by atoms with Crippen LogP contribution in [-0.2, 0) is 4.79 Å². The summed E-state index contributed by atoms with van der Waals surface area (Å²) in [6.45, 7) is 0. The van der Waals surface area contributed by atoms with Crippen molar-refractivity contribution < 1.29 is 9.90 Å². The van der Waals surface area contributed by atoms with Crippen molar-refractivity contribution in [2.75, 3.05) is 0 Å². The van der Waals surface area contributed by atoms with Crippen LogP contribution in [0.5, 0.6) is 0 Å². The fourth-order valence-corrected chi connectivity index (χ4v) is 1.96. The van der Waals surface area contributed by atoms with E-state index < -0.39 is 11.4 Å².